The fourth-order valence-electron chi connectivity index (χ4n) is 2.85. The van der Waals surface area contributed by atoms with Crippen molar-refractivity contribution in [1.29, 1.82) is 0 Å². The highest BCUT2D eigenvalue weighted by molar-refractivity contribution is 5.53. The summed E-state index contributed by atoms with van der Waals surface area (Å²) in [5, 5.41) is 15.8. The molecule has 8 heteroatoms. The maximum atomic E-state index is 12.3. The van der Waals surface area contributed by atoms with E-state index in [9.17, 15) is 4.79 Å². The first kappa shape index (κ1) is 17.2. The number of hydrogen-bond donors (Lipinski definition) is 1. The number of hydrogen-bond acceptors (Lipinski definition) is 6. The van der Waals surface area contributed by atoms with Crippen LogP contribution in [0.2, 0.25) is 0 Å². The Balaban J connectivity index is 1.50. The predicted octanol–water partition coefficient (Wildman–Crippen LogP) is 2.24. The van der Waals surface area contributed by atoms with Crippen LogP contribution in [0.15, 0.2) is 52.1 Å². The van der Waals surface area contributed by atoms with Gasteiger partial charge in [-0.05, 0) is 26.0 Å². The van der Waals surface area contributed by atoms with Crippen molar-refractivity contribution in [3.8, 4) is 11.5 Å². The van der Waals surface area contributed by atoms with Gasteiger partial charge in [-0.2, -0.15) is 5.10 Å². The number of benzene rings is 1. The molecule has 1 atom stereocenters. The molecule has 0 bridgehead atoms. The Bertz CT molecular complexity index is 1140. The number of nitrogens with one attached hydrogen (secondary N) is 1. The molecule has 3 heterocycles. The van der Waals surface area contributed by atoms with Crippen LogP contribution < -0.4 is 10.9 Å². The van der Waals surface area contributed by atoms with E-state index in [4.69, 9.17) is 4.42 Å². The topological polar surface area (TPSA) is 90.2 Å². The average Bonchev–Trinajstić information content (AvgIpc) is 3.31. The van der Waals surface area contributed by atoms with Crippen molar-refractivity contribution in [3.63, 3.8) is 0 Å². The molecule has 138 valence electrons. The SMILES string of the molecule is Cc1ccc(-c2nnc(C(C)NCc3cnn4ccn(C)c(=O)c34)o2)cc1. The molecule has 1 unspecified atom stereocenters. The van der Waals surface area contributed by atoms with Crippen LogP contribution in [-0.2, 0) is 13.6 Å². The molecule has 0 saturated carbocycles. The molecule has 0 aliphatic carbocycles. The summed E-state index contributed by atoms with van der Waals surface area (Å²) in [5.41, 5.74) is 3.36. The molecule has 0 aliphatic heterocycles. The zero-order valence-electron chi connectivity index (χ0n) is 15.4. The third-order valence-corrected chi connectivity index (χ3v) is 4.53. The van der Waals surface area contributed by atoms with E-state index in [1.807, 2.05) is 38.1 Å². The zero-order chi connectivity index (χ0) is 19.0. The molecular weight excluding hydrogens is 344 g/mol. The van der Waals surface area contributed by atoms with Crippen LogP contribution in [0.5, 0.6) is 0 Å². The quantitative estimate of drug-likeness (QED) is 0.584. The van der Waals surface area contributed by atoms with Gasteiger partial charge in [0.15, 0.2) is 0 Å². The van der Waals surface area contributed by atoms with Crippen LogP contribution in [-0.4, -0.2) is 24.4 Å². The highest BCUT2D eigenvalue weighted by Gasteiger charge is 2.16. The minimum atomic E-state index is -0.167. The molecule has 4 rings (SSSR count). The summed E-state index contributed by atoms with van der Waals surface area (Å²) in [6.07, 6.45) is 5.14. The van der Waals surface area contributed by atoms with Crippen LogP contribution >= 0.6 is 0 Å². The molecule has 3 aromatic heterocycles. The van der Waals surface area contributed by atoms with Crippen LogP contribution in [0, 0.1) is 6.92 Å². The maximum absolute atomic E-state index is 12.3. The minimum absolute atomic E-state index is 0.0844. The number of rotatable bonds is 5. The Morgan fingerprint density at radius 3 is 2.74 bits per heavy atom. The molecule has 4 aromatic rings. The van der Waals surface area contributed by atoms with Gasteiger partial charge in [-0.15, -0.1) is 10.2 Å². The highest BCUT2D eigenvalue weighted by atomic mass is 16.4. The molecule has 8 nitrogen and oxygen atoms in total. The van der Waals surface area contributed by atoms with E-state index in [1.54, 1.807) is 30.2 Å². The lowest BCUT2D eigenvalue weighted by Gasteiger charge is -2.09. The third kappa shape index (κ3) is 3.26. The summed E-state index contributed by atoms with van der Waals surface area (Å²) in [5.74, 6) is 0.985. The second kappa shape index (κ2) is 6.81. The van der Waals surface area contributed by atoms with Crippen molar-refractivity contribution < 1.29 is 4.42 Å². The molecule has 27 heavy (non-hydrogen) atoms. The largest absolute Gasteiger partial charge is 0.419 e. The lowest BCUT2D eigenvalue weighted by molar-refractivity contribution is 0.422. The van der Waals surface area contributed by atoms with Crippen LogP contribution in [0.4, 0.5) is 0 Å². The average molecular weight is 364 g/mol. The second-order valence-electron chi connectivity index (χ2n) is 6.59. The smallest absolute Gasteiger partial charge is 0.276 e. The van der Waals surface area contributed by atoms with Gasteiger partial charge in [0, 0.05) is 37.1 Å². The van der Waals surface area contributed by atoms with E-state index >= 15 is 0 Å². The lowest BCUT2D eigenvalue weighted by Crippen LogP contribution is -2.22. The summed E-state index contributed by atoms with van der Waals surface area (Å²) >= 11 is 0. The van der Waals surface area contributed by atoms with E-state index < -0.39 is 0 Å². The van der Waals surface area contributed by atoms with Crippen LogP contribution in [0.3, 0.4) is 0 Å². The van der Waals surface area contributed by atoms with Gasteiger partial charge in [0.2, 0.25) is 11.8 Å². The van der Waals surface area contributed by atoms with Gasteiger partial charge in [-0.3, -0.25) is 4.79 Å². The van der Waals surface area contributed by atoms with E-state index in [0.717, 1.165) is 11.1 Å². The molecule has 0 fully saturated rings. The van der Waals surface area contributed by atoms with Gasteiger partial charge < -0.3 is 14.3 Å². The molecule has 0 spiro atoms. The number of aryl methyl sites for hydroxylation is 2. The summed E-state index contributed by atoms with van der Waals surface area (Å²) in [6, 6.07) is 7.76. The van der Waals surface area contributed by atoms with Gasteiger partial charge in [0.1, 0.15) is 5.52 Å². The lowest BCUT2D eigenvalue weighted by atomic mass is 10.1. The highest BCUT2D eigenvalue weighted by Crippen LogP contribution is 2.21. The Labute approximate surface area is 155 Å². The van der Waals surface area contributed by atoms with E-state index in [-0.39, 0.29) is 11.6 Å². The standard InChI is InChI=1S/C19H20N6O2/c1-12-4-6-14(7-5-12)18-23-22-17(27-18)13(2)20-10-15-11-21-25-9-8-24(3)19(26)16(15)25/h4-9,11,13,20H,10H2,1-3H3. The second-order valence-corrected chi connectivity index (χ2v) is 6.59. The van der Waals surface area contributed by atoms with Gasteiger partial charge in [0.05, 0.1) is 12.2 Å². The van der Waals surface area contributed by atoms with Gasteiger partial charge >= 0.3 is 0 Å². The fraction of sp³-hybridized carbons (Fsp3) is 0.263. The van der Waals surface area contributed by atoms with Crippen molar-refractivity contribution in [2.75, 3.05) is 0 Å². The summed E-state index contributed by atoms with van der Waals surface area (Å²) in [6.45, 7) is 4.44. The first-order valence-electron chi connectivity index (χ1n) is 8.68. The number of aromatic nitrogens is 5. The van der Waals surface area contributed by atoms with Crippen molar-refractivity contribution in [1.82, 2.24) is 29.7 Å². The third-order valence-electron chi connectivity index (χ3n) is 4.53. The predicted molar refractivity (Wildman–Crippen MR) is 100 cm³/mol. The zero-order valence-corrected chi connectivity index (χ0v) is 15.4. The van der Waals surface area contributed by atoms with Crippen molar-refractivity contribution in [2.45, 2.75) is 26.4 Å². The number of nitrogens with zero attached hydrogens (tertiary/aromatic N) is 5. The van der Waals surface area contributed by atoms with E-state index in [0.29, 0.717) is 23.8 Å². The molecule has 1 N–H and O–H groups in total. The normalized spacial score (nSPS) is 12.6. The molecule has 0 aliphatic rings. The molecule has 0 radical (unpaired) electrons. The maximum Gasteiger partial charge on any atom is 0.276 e. The minimum Gasteiger partial charge on any atom is -0.419 e. The van der Waals surface area contributed by atoms with Crippen molar-refractivity contribution in [2.24, 2.45) is 7.05 Å². The van der Waals surface area contributed by atoms with E-state index in [2.05, 4.69) is 20.6 Å². The Morgan fingerprint density at radius 1 is 1.19 bits per heavy atom. The van der Waals surface area contributed by atoms with Gasteiger partial charge in [0.25, 0.3) is 5.56 Å². The number of fused-ring (bicyclic) bond motifs is 1. The van der Waals surface area contributed by atoms with Crippen LogP contribution in [0.1, 0.15) is 30.0 Å². The van der Waals surface area contributed by atoms with Crippen molar-refractivity contribution in [3.05, 3.63) is 70.2 Å². The molecule has 1 aromatic carbocycles. The van der Waals surface area contributed by atoms with E-state index in [1.165, 1.54) is 10.1 Å². The Hall–Kier alpha value is -3.26. The summed E-state index contributed by atoms with van der Waals surface area (Å²) < 4.78 is 8.93. The Morgan fingerprint density at radius 2 is 1.96 bits per heavy atom. The summed E-state index contributed by atoms with van der Waals surface area (Å²) in [4.78, 5) is 12.3. The first-order chi connectivity index (χ1) is 13.0. The Kier molecular flexibility index (Phi) is 4.33. The van der Waals surface area contributed by atoms with Crippen molar-refractivity contribution >= 4 is 5.52 Å². The molecule has 0 saturated heterocycles. The van der Waals surface area contributed by atoms with Crippen LogP contribution in [0.25, 0.3) is 17.0 Å². The first-order valence-corrected chi connectivity index (χ1v) is 8.68. The molecular formula is C19H20N6O2. The van der Waals surface area contributed by atoms with Gasteiger partial charge in [-0.25, -0.2) is 4.52 Å². The fourth-order valence-corrected chi connectivity index (χ4v) is 2.85. The monoisotopic (exact) mass is 364 g/mol. The summed E-state index contributed by atoms with van der Waals surface area (Å²) in [7, 11) is 1.72. The van der Waals surface area contributed by atoms with Gasteiger partial charge in [-0.1, -0.05) is 17.7 Å². The molecule has 0 amide bonds.